The average Bonchev–Trinajstić information content (AvgIpc) is 2.56. The maximum atomic E-state index is 10.6. The maximum absolute atomic E-state index is 10.6. The van der Waals surface area contributed by atoms with Crippen LogP contribution in [-0.4, -0.2) is 48.0 Å². The monoisotopic (exact) mass is 324 g/mol. The lowest BCUT2D eigenvalue weighted by Crippen LogP contribution is -2.42. The molecule has 1 rings (SSSR count). The van der Waals surface area contributed by atoms with Crippen molar-refractivity contribution >= 4 is 6.29 Å². The number of benzene rings is 1. The molecule has 23 heavy (non-hydrogen) atoms. The zero-order valence-electron chi connectivity index (χ0n) is 13.8. The first-order valence-electron chi connectivity index (χ1n) is 8.22. The second kappa shape index (κ2) is 12.2. The van der Waals surface area contributed by atoms with E-state index in [0.717, 1.165) is 24.8 Å². The fraction of sp³-hybridized carbons (Fsp3) is 0.611. The Balaban J connectivity index is 2.48. The fourth-order valence-electron chi connectivity index (χ4n) is 2.23. The highest BCUT2D eigenvalue weighted by molar-refractivity contribution is 5.50. The summed E-state index contributed by atoms with van der Waals surface area (Å²) in [6.07, 6.45) is 0.789. The summed E-state index contributed by atoms with van der Waals surface area (Å²) in [7, 11) is 0. The summed E-state index contributed by atoms with van der Waals surface area (Å²) in [5.41, 5.74) is 0.937. The first-order valence-corrected chi connectivity index (χ1v) is 8.22. The number of unbranched alkanes of at least 4 members (excludes halogenated alkanes) is 2. The van der Waals surface area contributed by atoms with E-state index >= 15 is 0 Å². The molecule has 1 aromatic rings. The van der Waals surface area contributed by atoms with Crippen molar-refractivity contribution in [2.45, 2.75) is 57.5 Å². The molecule has 0 unspecified atom stereocenters. The molecule has 0 fully saturated rings. The van der Waals surface area contributed by atoms with Gasteiger partial charge in [0.25, 0.3) is 0 Å². The van der Waals surface area contributed by atoms with E-state index in [-0.39, 0.29) is 19.6 Å². The Labute approximate surface area is 138 Å². The van der Waals surface area contributed by atoms with Gasteiger partial charge in [0, 0.05) is 13.0 Å². The van der Waals surface area contributed by atoms with Crippen LogP contribution >= 0.6 is 0 Å². The van der Waals surface area contributed by atoms with Gasteiger partial charge in [0.1, 0.15) is 18.5 Å². The summed E-state index contributed by atoms with van der Waals surface area (Å²) in [5, 5.41) is 20.2. The van der Waals surface area contributed by atoms with Crippen LogP contribution in [-0.2, 0) is 20.9 Å². The van der Waals surface area contributed by atoms with Gasteiger partial charge in [-0.2, -0.15) is 0 Å². The van der Waals surface area contributed by atoms with Gasteiger partial charge < -0.3 is 24.5 Å². The molecule has 0 radical (unpaired) electrons. The molecular formula is C18H28O5. The van der Waals surface area contributed by atoms with Gasteiger partial charge in [0.15, 0.2) is 0 Å². The standard InChI is InChI=1S/C18H28O5/c1-2-3-7-12-22-14-17(21)18(16(20)10-11-19)23-13-15-8-5-4-6-9-15/h4-6,8-9,11,16-18,20-21H,2-3,7,10,12-14H2,1H3/t16-,17+,18+/m0/s1. The van der Waals surface area contributed by atoms with Crippen molar-refractivity contribution in [3.63, 3.8) is 0 Å². The number of hydrogen-bond donors (Lipinski definition) is 2. The van der Waals surface area contributed by atoms with E-state index in [9.17, 15) is 15.0 Å². The molecule has 0 aliphatic carbocycles. The summed E-state index contributed by atoms with van der Waals surface area (Å²) >= 11 is 0. The summed E-state index contributed by atoms with van der Waals surface area (Å²) in [6.45, 7) is 3.02. The molecular weight excluding hydrogens is 296 g/mol. The summed E-state index contributed by atoms with van der Waals surface area (Å²) in [6, 6.07) is 9.49. The first-order chi connectivity index (χ1) is 11.2. The van der Waals surface area contributed by atoms with Gasteiger partial charge in [-0.15, -0.1) is 0 Å². The molecule has 5 nitrogen and oxygen atoms in total. The molecule has 0 aromatic heterocycles. The number of rotatable bonds is 13. The summed E-state index contributed by atoms with van der Waals surface area (Å²) < 4.78 is 11.1. The van der Waals surface area contributed by atoms with Gasteiger partial charge in [0.05, 0.1) is 19.3 Å². The Hall–Kier alpha value is -1.27. The Morgan fingerprint density at radius 3 is 2.52 bits per heavy atom. The van der Waals surface area contributed by atoms with Crippen molar-refractivity contribution < 1.29 is 24.5 Å². The van der Waals surface area contributed by atoms with Crippen molar-refractivity contribution in [3.05, 3.63) is 35.9 Å². The van der Waals surface area contributed by atoms with Crippen LogP contribution in [0.4, 0.5) is 0 Å². The van der Waals surface area contributed by atoms with Gasteiger partial charge in [-0.05, 0) is 12.0 Å². The average molecular weight is 324 g/mol. The topological polar surface area (TPSA) is 76.0 Å². The second-order valence-corrected chi connectivity index (χ2v) is 5.58. The molecule has 0 aliphatic rings. The number of carbonyl (C=O) groups is 1. The van der Waals surface area contributed by atoms with Crippen LogP contribution < -0.4 is 0 Å². The van der Waals surface area contributed by atoms with Crippen LogP contribution in [0.3, 0.4) is 0 Å². The molecule has 0 saturated carbocycles. The van der Waals surface area contributed by atoms with Crippen LogP contribution in [0.2, 0.25) is 0 Å². The highest BCUT2D eigenvalue weighted by Crippen LogP contribution is 2.13. The van der Waals surface area contributed by atoms with Crippen molar-refractivity contribution in [1.29, 1.82) is 0 Å². The minimum Gasteiger partial charge on any atom is -0.390 e. The zero-order chi connectivity index (χ0) is 16.9. The second-order valence-electron chi connectivity index (χ2n) is 5.58. The number of carbonyl (C=O) groups excluding carboxylic acids is 1. The van der Waals surface area contributed by atoms with E-state index in [0.29, 0.717) is 12.9 Å². The number of ether oxygens (including phenoxy) is 2. The van der Waals surface area contributed by atoms with Gasteiger partial charge >= 0.3 is 0 Å². The van der Waals surface area contributed by atoms with Gasteiger partial charge in [-0.25, -0.2) is 0 Å². The van der Waals surface area contributed by atoms with E-state index in [1.807, 2.05) is 30.3 Å². The summed E-state index contributed by atoms with van der Waals surface area (Å²) in [4.78, 5) is 10.6. The third kappa shape index (κ3) is 8.23. The highest BCUT2D eigenvalue weighted by Gasteiger charge is 2.28. The molecule has 0 heterocycles. The Bertz CT molecular complexity index is 409. The van der Waals surface area contributed by atoms with Crippen molar-refractivity contribution in [3.8, 4) is 0 Å². The molecule has 0 bridgehead atoms. The van der Waals surface area contributed by atoms with Gasteiger partial charge in [-0.1, -0.05) is 50.1 Å². The van der Waals surface area contributed by atoms with Crippen molar-refractivity contribution in [2.75, 3.05) is 13.2 Å². The SMILES string of the molecule is CCCCCOC[C@@H](O)[C@H](OCc1ccccc1)[C@@H](O)CC=O. The van der Waals surface area contributed by atoms with Gasteiger partial charge in [-0.3, -0.25) is 0 Å². The minimum atomic E-state index is -1.05. The molecule has 0 saturated heterocycles. The smallest absolute Gasteiger partial charge is 0.122 e. The Morgan fingerprint density at radius 1 is 1.13 bits per heavy atom. The zero-order valence-corrected chi connectivity index (χ0v) is 13.8. The molecule has 0 amide bonds. The lowest BCUT2D eigenvalue weighted by Gasteiger charge is -2.27. The number of aliphatic hydroxyl groups excluding tert-OH is 2. The van der Waals surface area contributed by atoms with Crippen LogP contribution in [0.1, 0.15) is 38.2 Å². The molecule has 2 N–H and O–H groups in total. The molecule has 1 aromatic carbocycles. The Morgan fingerprint density at radius 2 is 1.87 bits per heavy atom. The number of hydrogen-bond acceptors (Lipinski definition) is 5. The van der Waals surface area contributed by atoms with Crippen LogP contribution in [0.5, 0.6) is 0 Å². The van der Waals surface area contributed by atoms with Crippen LogP contribution in [0, 0.1) is 0 Å². The van der Waals surface area contributed by atoms with Crippen molar-refractivity contribution in [2.24, 2.45) is 0 Å². The lowest BCUT2D eigenvalue weighted by molar-refractivity contribution is -0.133. The molecule has 130 valence electrons. The van der Waals surface area contributed by atoms with E-state index in [4.69, 9.17) is 9.47 Å². The molecule has 0 spiro atoms. The van der Waals surface area contributed by atoms with Gasteiger partial charge in [0.2, 0.25) is 0 Å². The predicted molar refractivity (Wildman–Crippen MR) is 88.1 cm³/mol. The molecule has 5 heteroatoms. The third-order valence-electron chi connectivity index (χ3n) is 3.56. The quantitative estimate of drug-likeness (QED) is 0.429. The highest BCUT2D eigenvalue weighted by atomic mass is 16.5. The first kappa shape index (κ1) is 19.8. The normalized spacial score (nSPS) is 15.1. The van der Waals surface area contributed by atoms with Crippen molar-refractivity contribution in [1.82, 2.24) is 0 Å². The predicted octanol–water partition coefficient (Wildman–Crippen LogP) is 2.09. The van der Waals surface area contributed by atoms with E-state index in [2.05, 4.69) is 6.92 Å². The number of aliphatic hydroxyl groups is 2. The minimum absolute atomic E-state index is 0.0770. The summed E-state index contributed by atoms with van der Waals surface area (Å²) in [5.74, 6) is 0. The Kier molecular flexibility index (Phi) is 10.5. The maximum Gasteiger partial charge on any atom is 0.122 e. The van der Waals surface area contributed by atoms with E-state index in [1.54, 1.807) is 0 Å². The lowest BCUT2D eigenvalue weighted by atomic mass is 10.1. The van der Waals surface area contributed by atoms with E-state index < -0.39 is 18.3 Å². The molecule has 0 aliphatic heterocycles. The number of aldehydes is 1. The van der Waals surface area contributed by atoms with Crippen LogP contribution in [0.15, 0.2) is 30.3 Å². The third-order valence-corrected chi connectivity index (χ3v) is 3.56. The van der Waals surface area contributed by atoms with Crippen LogP contribution in [0.25, 0.3) is 0 Å². The fourth-order valence-corrected chi connectivity index (χ4v) is 2.23. The molecule has 3 atom stereocenters. The largest absolute Gasteiger partial charge is 0.390 e. The van der Waals surface area contributed by atoms with E-state index in [1.165, 1.54) is 0 Å².